The Bertz CT molecular complexity index is 958. The van der Waals surface area contributed by atoms with Crippen LogP contribution in [-0.2, 0) is 28.3 Å². The van der Waals surface area contributed by atoms with Gasteiger partial charge in [-0.3, -0.25) is 4.79 Å². The van der Waals surface area contributed by atoms with Crippen molar-refractivity contribution < 1.29 is 13.2 Å². The molecule has 0 radical (unpaired) electrons. The highest BCUT2D eigenvalue weighted by atomic mass is 32.2. The van der Waals surface area contributed by atoms with Gasteiger partial charge in [-0.15, -0.1) is 0 Å². The van der Waals surface area contributed by atoms with Crippen LogP contribution in [0.4, 0.5) is 5.69 Å². The highest BCUT2D eigenvalue weighted by molar-refractivity contribution is 7.89. The molecule has 27 heavy (non-hydrogen) atoms. The molecule has 0 bridgehead atoms. The molecule has 0 spiro atoms. The van der Waals surface area contributed by atoms with Gasteiger partial charge in [-0.25, -0.2) is 8.42 Å². The van der Waals surface area contributed by atoms with Gasteiger partial charge < -0.3 is 9.47 Å². The number of amides is 1. The van der Waals surface area contributed by atoms with Gasteiger partial charge in [0.05, 0.1) is 4.90 Å². The molecular weight excluding hydrogens is 362 g/mol. The van der Waals surface area contributed by atoms with Crippen LogP contribution in [0.5, 0.6) is 0 Å². The Hall–Kier alpha value is -2.12. The van der Waals surface area contributed by atoms with Crippen molar-refractivity contribution in [2.75, 3.05) is 18.0 Å². The number of nitrogens with zero attached hydrogens (tertiary/aromatic N) is 3. The topological polar surface area (TPSA) is 62.6 Å². The lowest BCUT2D eigenvalue weighted by molar-refractivity contribution is -0.123. The molecule has 7 heteroatoms. The molecule has 2 aromatic rings. The Labute approximate surface area is 160 Å². The fraction of sp³-hybridized carbons (Fsp3) is 0.450. The van der Waals surface area contributed by atoms with Crippen LogP contribution in [0.3, 0.4) is 0 Å². The fourth-order valence-corrected chi connectivity index (χ4v) is 5.74. The molecule has 1 atom stereocenters. The number of sulfonamides is 1. The number of benzene rings is 1. The summed E-state index contributed by atoms with van der Waals surface area (Å²) in [5.74, 6) is 0.00467. The quantitative estimate of drug-likeness (QED) is 0.812. The summed E-state index contributed by atoms with van der Waals surface area (Å²) in [6, 6.07) is 9.83. The van der Waals surface area contributed by atoms with Crippen LogP contribution < -0.4 is 4.90 Å². The molecule has 144 valence electrons. The second-order valence-corrected chi connectivity index (χ2v) is 9.52. The summed E-state index contributed by atoms with van der Waals surface area (Å²) in [6.45, 7) is 2.85. The van der Waals surface area contributed by atoms with E-state index in [1.807, 2.05) is 23.1 Å². The standard InChI is InChI=1S/C20H25N3O3S/c1-15-13-17-5-3-4-6-19(17)23(15)20(24)16-7-11-22(12-8-16)27(25,26)18-9-10-21(2)14-18/h3-6,9-10,14-16H,7-8,11-13H2,1-2H3/t15-/m0/s1. The number of carbonyl (C=O) groups is 1. The first-order valence-corrected chi connectivity index (χ1v) is 10.8. The minimum atomic E-state index is -3.48. The minimum absolute atomic E-state index is 0.124. The number of anilines is 1. The van der Waals surface area contributed by atoms with Gasteiger partial charge in [-0.05, 0) is 43.9 Å². The molecule has 1 amide bonds. The molecule has 0 saturated carbocycles. The zero-order valence-corrected chi connectivity index (χ0v) is 16.5. The summed E-state index contributed by atoms with van der Waals surface area (Å²) in [5, 5.41) is 0. The van der Waals surface area contributed by atoms with Crippen LogP contribution in [0.1, 0.15) is 25.3 Å². The molecule has 0 N–H and O–H groups in total. The molecule has 3 heterocycles. The van der Waals surface area contributed by atoms with E-state index in [1.165, 1.54) is 9.87 Å². The van der Waals surface area contributed by atoms with E-state index in [0.717, 1.165) is 12.1 Å². The fourth-order valence-electron chi connectivity index (χ4n) is 4.22. The summed E-state index contributed by atoms with van der Waals surface area (Å²) >= 11 is 0. The van der Waals surface area contributed by atoms with Crippen LogP contribution in [0.25, 0.3) is 0 Å². The maximum Gasteiger partial charge on any atom is 0.244 e. The first-order valence-electron chi connectivity index (χ1n) is 9.41. The van der Waals surface area contributed by atoms with Crippen molar-refractivity contribution in [1.82, 2.24) is 8.87 Å². The third-order valence-corrected chi connectivity index (χ3v) is 7.57. The summed E-state index contributed by atoms with van der Waals surface area (Å²) in [4.78, 5) is 15.4. The van der Waals surface area contributed by atoms with Gasteiger partial charge in [0.2, 0.25) is 15.9 Å². The van der Waals surface area contributed by atoms with Crippen LogP contribution in [0.15, 0.2) is 47.6 Å². The lowest BCUT2D eigenvalue weighted by Gasteiger charge is -2.33. The minimum Gasteiger partial charge on any atom is -0.356 e. The highest BCUT2D eigenvalue weighted by Gasteiger charge is 2.38. The van der Waals surface area contributed by atoms with E-state index in [4.69, 9.17) is 0 Å². The van der Waals surface area contributed by atoms with E-state index in [9.17, 15) is 13.2 Å². The van der Waals surface area contributed by atoms with E-state index in [2.05, 4.69) is 13.0 Å². The molecule has 1 aromatic carbocycles. The van der Waals surface area contributed by atoms with Crippen LogP contribution in [-0.4, -0.2) is 42.3 Å². The lowest BCUT2D eigenvalue weighted by Crippen LogP contribution is -2.46. The molecule has 2 aliphatic rings. The molecule has 6 nitrogen and oxygen atoms in total. The number of carbonyl (C=O) groups excluding carboxylic acids is 1. The normalized spacial score (nSPS) is 21.4. The number of aryl methyl sites for hydroxylation is 1. The number of aromatic nitrogens is 1. The molecule has 0 aliphatic carbocycles. The number of hydrogen-bond donors (Lipinski definition) is 0. The zero-order chi connectivity index (χ0) is 19.2. The van der Waals surface area contributed by atoms with Crippen molar-refractivity contribution in [2.24, 2.45) is 13.0 Å². The van der Waals surface area contributed by atoms with Crippen LogP contribution in [0, 0.1) is 5.92 Å². The van der Waals surface area contributed by atoms with Crippen molar-refractivity contribution in [3.8, 4) is 0 Å². The Morgan fingerprint density at radius 3 is 2.48 bits per heavy atom. The summed E-state index contributed by atoms with van der Waals surface area (Å²) in [6.07, 6.45) is 5.36. The molecule has 1 saturated heterocycles. The summed E-state index contributed by atoms with van der Waals surface area (Å²) in [5.41, 5.74) is 2.22. The van der Waals surface area contributed by atoms with Gasteiger partial charge in [-0.2, -0.15) is 4.31 Å². The Morgan fingerprint density at radius 2 is 1.81 bits per heavy atom. The van der Waals surface area contributed by atoms with Gasteiger partial charge in [0.25, 0.3) is 0 Å². The monoisotopic (exact) mass is 387 g/mol. The summed E-state index contributed by atoms with van der Waals surface area (Å²) < 4.78 is 28.8. The highest BCUT2D eigenvalue weighted by Crippen LogP contribution is 2.35. The van der Waals surface area contributed by atoms with E-state index < -0.39 is 10.0 Å². The maximum absolute atomic E-state index is 13.2. The third kappa shape index (κ3) is 3.19. The van der Waals surface area contributed by atoms with E-state index >= 15 is 0 Å². The van der Waals surface area contributed by atoms with E-state index in [1.54, 1.807) is 30.1 Å². The first-order chi connectivity index (χ1) is 12.9. The van der Waals surface area contributed by atoms with Crippen molar-refractivity contribution in [3.63, 3.8) is 0 Å². The molecular formula is C20H25N3O3S. The van der Waals surface area contributed by atoms with Crippen molar-refractivity contribution in [1.29, 1.82) is 0 Å². The molecule has 1 fully saturated rings. The largest absolute Gasteiger partial charge is 0.356 e. The summed E-state index contributed by atoms with van der Waals surface area (Å²) in [7, 11) is -1.68. The van der Waals surface area contributed by atoms with Crippen molar-refractivity contribution in [2.45, 2.75) is 37.1 Å². The number of fused-ring (bicyclic) bond motifs is 1. The smallest absolute Gasteiger partial charge is 0.244 e. The average molecular weight is 388 g/mol. The number of rotatable bonds is 3. The molecule has 0 unspecified atom stereocenters. The van der Waals surface area contributed by atoms with Gasteiger partial charge in [0.1, 0.15) is 0 Å². The average Bonchev–Trinajstić information content (AvgIpc) is 3.24. The zero-order valence-electron chi connectivity index (χ0n) is 15.7. The van der Waals surface area contributed by atoms with Gasteiger partial charge in [0.15, 0.2) is 0 Å². The second kappa shape index (κ2) is 6.80. The third-order valence-electron chi connectivity index (χ3n) is 5.69. The first kappa shape index (κ1) is 18.3. The predicted molar refractivity (Wildman–Crippen MR) is 104 cm³/mol. The van der Waals surface area contributed by atoms with E-state index in [0.29, 0.717) is 30.8 Å². The maximum atomic E-state index is 13.2. The number of hydrogen-bond acceptors (Lipinski definition) is 3. The Kier molecular flexibility index (Phi) is 4.60. The Morgan fingerprint density at radius 1 is 1.11 bits per heavy atom. The number of piperidine rings is 1. The van der Waals surface area contributed by atoms with E-state index in [-0.39, 0.29) is 17.9 Å². The van der Waals surface area contributed by atoms with Gasteiger partial charge >= 0.3 is 0 Å². The van der Waals surface area contributed by atoms with Gasteiger partial charge in [-0.1, -0.05) is 18.2 Å². The van der Waals surface area contributed by atoms with Crippen LogP contribution >= 0.6 is 0 Å². The lowest BCUT2D eigenvalue weighted by atomic mass is 9.96. The van der Waals surface area contributed by atoms with Gasteiger partial charge in [0, 0.05) is 50.2 Å². The molecule has 4 rings (SSSR count). The van der Waals surface area contributed by atoms with Crippen LogP contribution in [0.2, 0.25) is 0 Å². The number of para-hydroxylation sites is 1. The Balaban J connectivity index is 1.46. The SMILES string of the molecule is C[C@H]1Cc2ccccc2N1C(=O)C1CCN(S(=O)(=O)c2ccn(C)c2)CC1. The molecule has 1 aromatic heterocycles. The van der Waals surface area contributed by atoms with Crippen molar-refractivity contribution in [3.05, 3.63) is 48.3 Å². The molecule has 2 aliphatic heterocycles. The second-order valence-electron chi connectivity index (χ2n) is 7.58. The van der Waals surface area contributed by atoms with Crippen molar-refractivity contribution >= 4 is 21.6 Å². The predicted octanol–water partition coefficient (Wildman–Crippen LogP) is 2.40.